The zero-order valence-electron chi connectivity index (χ0n) is 11.4. The average Bonchev–Trinajstić information content (AvgIpc) is 2.99. The van der Waals surface area contributed by atoms with Crippen molar-refractivity contribution in [3.63, 3.8) is 0 Å². The van der Waals surface area contributed by atoms with E-state index in [1.54, 1.807) is 0 Å². The van der Waals surface area contributed by atoms with E-state index >= 15 is 0 Å². The van der Waals surface area contributed by atoms with Crippen LogP contribution in [0.2, 0.25) is 0 Å². The Balaban J connectivity index is 1.97. The smallest absolute Gasteiger partial charge is 0.131 e. The number of likely N-dealkylation sites (N-methyl/N-ethyl adjacent to an activating group) is 1. The summed E-state index contributed by atoms with van der Waals surface area (Å²) in [4.78, 5) is 2.24. The fourth-order valence-electron chi connectivity index (χ4n) is 2.41. The van der Waals surface area contributed by atoms with Gasteiger partial charge in [-0.25, -0.2) is 0 Å². The summed E-state index contributed by atoms with van der Waals surface area (Å²) >= 11 is 0. The first-order valence-corrected chi connectivity index (χ1v) is 6.69. The van der Waals surface area contributed by atoms with Gasteiger partial charge in [-0.3, -0.25) is 0 Å². The fourth-order valence-corrected chi connectivity index (χ4v) is 2.41. The van der Waals surface area contributed by atoms with Crippen molar-refractivity contribution in [3.05, 3.63) is 35.9 Å². The van der Waals surface area contributed by atoms with Crippen LogP contribution in [0.25, 0.3) is 0 Å². The van der Waals surface area contributed by atoms with Crippen molar-refractivity contribution < 1.29 is 4.74 Å². The van der Waals surface area contributed by atoms with Crippen LogP contribution in [0.5, 0.6) is 0 Å². The maximum atomic E-state index is 9.40. The Labute approximate surface area is 114 Å². The minimum absolute atomic E-state index is 0.457. The van der Waals surface area contributed by atoms with Crippen molar-refractivity contribution in [2.24, 2.45) is 5.73 Å². The molecular formula is C15H21N3O. The highest BCUT2D eigenvalue weighted by atomic mass is 16.5. The highest BCUT2D eigenvalue weighted by molar-refractivity contribution is 5.30. The molecule has 1 aliphatic rings. The van der Waals surface area contributed by atoms with Gasteiger partial charge in [0, 0.05) is 19.2 Å². The van der Waals surface area contributed by atoms with E-state index in [1.807, 2.05) is 30.3 Å². The molecule has 1 saturated heterocycles. The molecule has 1 aromatic carbocycles. The highest BCUT2D eigenvalue weighted by Gasteiger charge is 2.29. The number of nitrogens with zero attached hydrogens (tertiary/aromatic N) is 2. The molecule has 0 spiro atoms. The van der Waals surface area contributed by atoms with Gasteiger partial charge in [0.15, 0.2) is 0 Å². The minimum atomic E-state index is -0.908. The van der Waals surface area contributed by atoms with Gasteiger partial charge < -0.3 is 15.4 Å². The molecule has 4 nitrogen and oxygen atoms in total. The van der Waals surface area contributed by atoms with Crippen LogP contribution < -0.4 is 5.73 Å². The van der Waals surface area contributed by atoms with E-state index in [-0.39, 0.29) is 0 Å². The Morgan fingerprint density at radius 3 is 2.79 bits per heavy atom. The van der Waals surface area contributed by atoms with E-state index < -0.39 is 5.54 Å². The average molecular weight is 259 g/mol. The molecule has 1 fully saturated rings. The van der Waals surface area contributed by atoms with Crippen LogP contribution in [0.15, 0.2) is 30.3 Å². The summed E-state index contributed by atoms with van der Waals surface area (Å²) in [7, 11) is 2.07. The minimum Gasteiger partial charge on any atom is -0.380 e. The lowest BCUT2D eigenvalue weighted by Crippen LogP contribution is -2.41. The van der Waals surface area contributed by atoms with Gasteiger partial charge in [-0.2, -0.15) is 5.26 Å². The van der Waals surface area contributed by atoms with Crippen LogP contribution in [0, 0.1) is 11.3 Å². The molecular weight excluding hydrogens is 238 g/mol. The zero-order valence-corrected chi connectivity index (χ0v) is 11.4. The second-order valence-corrected chi connectivity index (χ2v) is 5.20. The SMILES string of the molecule is CN(CCC(N)(C#N)c1ccccc1)C1CCOC1. The van der Waals surface area contributed by atoms with Crippen LogP contribution in [0.1, 0.15) is 18.4 Å². The van der Waals surface area contributed by atoms with Crippen molar-refractivity contribution in [1.82, 2.24) is 4.90 Å². The van der Waals surface area contributed by atoms with Crippen molar-refractivity contribution in [2.75, 3.05) is 26.8 Å². The number of benzene rings is 1. The van der Waals surface area contributed by atoms with Crippen LogP contribution in [0.4, 0.5) is 0 Å². The number of nitriles is 1. The Morgan fingerprint density at radius 1 is 1.47 bits per heavy atom. The first kappa shape index (κ1) is 14.0. The molecule has 0 amide bonds. The van der Waals surface area contributed by atoms with Crippen molar-refractivity contribution >= 4 is 0 Å². The van der Waals surface area contributed by atoms with Gasteiger partial charge >= 0.3 is 0 Å². The van der Waals surface area contributed by atoms with Crippen LogP contribution in [-0.4, -0.2) is 37.7 Å². The molecule has 1 aliphatic heterocycles. The highest BCUT2D eigenvalue weighted by Crippen LogP contribution is 2.22. The van der Waals surface area contributed by atoms with E-state index in [9.17, 15) is 5.26 Å². The third-order valence-electron chi connectivity index (χ3n) is 3.88. The normalized spacial score (nSPS) is 22.1. The van der Waals surface area contributed by atoms with Gasteiger partial charge in [0.05, 0.1) is 12.7 Å². The summed E-state index contributed by atoms with van der Waals surface area (Å²) in [5.74, 6) is 0. The maximum absolute atomic E-state index is 9.40. The molecule has 102 valence electrons. The Hall–Kier alpha value is -1.41. The number of hydrogen-bond acceptors (Lipinski definition) is 4. The van der Waals surface area contributed by atoms with Crippen molar-refractivity contribution in [3.8, 4) is 6.07 Å². The Kier molecular flexibility index (Phi) is 4.54. The second-order valence-electron chi connectivity index (χ2n) is 5.20. The summed E-state index contributed by atoms with van der Waals surface area (Å²) in [6.45, 7) is 2.42. The van der Waals surface area contributed by atoms with E-state index in [1.165, 1.54) is 0 Å². The van der Waals surface area contributed by atoms with Gasteiger partial charge in [0.2, 0.25) is 0 Å². The monoisotopic (exact) mass is 259 g/mol. The fraction of sp³-hybridized carbons (Fsp3) is 0.533. The molecule has 0 saturated carbocycles. The molecule has 1 heterocycles. The zero-order chi connectivity index (χ0) is 13.7. The molecule has 0 bridgehead atoms. The largest absolute Gasteiger partial charge is 0.380 e. The Morgan fingerprint density at radius 2 is 2.21 bits per heavy atom. The lowest BCUT2D eigenvalue weighted by Gasteiger charge is -2.28. The number of rotatable bonds is 5. The van der Waals surface area contributed by atoms with E-state index in [2.05, 4.69) is 18.0 Å². The van der Waals surface area contributed by atoms with E-state index in [0.717, 1.165) is 31.7 Å². The van der Waals surface area contributed by atoms with Crippen LogP contribution in [0.3, 0.4) is 0 Å². The van der Waals surface area contributed by atoms with Gasteiger partial charge in [-0.15, -0.1) is 0 Å². The first-order chi connectivity index (χ1) is 9.15. The third kappa shape index (κ3) is 3.32. The lowest BCUT2D eigenvalue weighted by molar-refractivity contribution is 0.155. The van der Waals surface area contributed by atoms with Crippen LogP contribution >= 0.6 is 0 Å². The molecule has 2 atom stereocenters. The summed E-state index contributed by atoms with van der Waals surface area (Å²) in [5, 5.41) is 9.40. The molecule has 0 aromatic heterocycles. The van der Waals surface area contributed by atoms with Gasteiger partial charge in [0.25, 0.3) is 0 Å². The van der Waals surface area contributed by atoms with E-state index in [0.29, 0.717) is 12.5 Å². The summed E-state index contributed by atoms with van der Waals surface area (Å²) in [5.41, 5.74) is 6.22. The van der Waals surface area contributed by atoms with Crippen molar-refractivity contribution in [1.29, 1.82) is 5.26 Å². The van der Waals surface area contributed by atoms with Gasteiger partial charge in [-0.05, 0) is 25.5 Å². The van der Waals surface area contributed by atoms with Gasteiger partial charge in [-0.1, -0.05) is 30.3 Å². The number of nitrogens with two attached hydrogens (primary N) is 1. The molecule has 19 heavy (non-hydrogen) atoms. The summed E-state index contributed by atoms with van der Waals surface area (Å²) < 4.78 is 5.38. The third-order valence-corrected chi connectivity index (χ3v) is 3.88. The standard InChI is InChI=1S/C15H21N3O/c1-18(14-7-10-19-11-14)9-8-15(17,12-16)13-5-3-2-4-6-13/h2-6,14H,7-11,17H2,1H3. The lowest BCUT2D eigenvalue weighted by atomic mass is 9.89. The topological polar surface area (TPSA) is 62.3 Å². The maximum Gasteiger partial charge on any atom is 0.131 e. The Bertz CT molecular complexity index is 436. The molecule has 2 rings (SSSR count). The molecule has 1 aromatic rings. The molecule has 2 unspecified atom stereocenters. The molecule has 0 radical (unpaired) electrons. The van der Waals surface area contributed by atoms with E-state index in [4.69, 9.17) is 10.5 Å². The molecule has 0 aliphatic carbocycles. The predicted molar refractivity (Wildman–Crippen MR) is 74.4 cm³/mol. The quantitative estimate of drug-likeness (QED) is 0.870. The number of hydrogen-bond donors (Lipinski definition) is 1. The predicted octanol–water partition coefficient (Wildman–Crippen LogP) is 1.47. The second kappa shape index (κ2) is 6.16. The molecule has 2 N–H and O–H groups in total. The summed E-state index contributed by atoms with van der Waals surface area (Å²) in [6, 6.07) is 12.3. The first-order valence-electron chi connectivity index (χ1n) is 6.69. The molecule has 4 heteroatoms. The van der Waals surface area contributed by atoms with Crippen LogP contribution in [-0.2, 0) is 10.3 Å². The van der Waals surface area contributed by atoms with Crippen molar-refractivity contribution in [2.45, 2.75) is 24.4 Å². The summed E-state index contributed by atoms with van der Waals surface area (Å²) in [6.07, 6.45) is 1.69. The number of ether oxygens (including phenoxy) is 1. The van der Waals surface area contributed by atoms with Gasteiger partial charge in [0.1, 0.15) is 5.54 Å².